The number of ketones is 1. The molecule has 6 nitrogen and oxygen atoms in total. The first kappa shape index (κ1) is 19.3. The number of anilines is 1. The van der Waals surface area contributed by atoms with Gasteiger partial charge in [-0.2, -0.15) is 0 Å². The molecule has 1 aromatic carbocycles. The molecule has 0 radical (unpaired) electrons. The van der Waals surface area contributed by atoms with Crippen molar-refractivity contribution in [2.24, 2.45) is 5.92 Å². The van der Waals surface area contributed by atoms with Crippen LogP contribution in [-0.2, 0) is 0 Å². The van der Waals surface area contributed by atoms with E-state index in [1.54, 1.807) is 22.7 Å². The number of aromatic nitrogens is 2. The fourth-order valence-corrected chi connectivity index (χ4v) is 3.86. The number of carbonyl (C=O) groups is 2. The van der Waals surface area contributed by atoms with Crippen LogP contribution < -0.4 is 5.32 Å². The highest BCUT2D eigenvalue weighted by Gasteiger charge is 2.26. The smallest absolute Gasteiger partial charge is 0.274 e. The van der Waals surface area contributed by atoms with Gasteiger partial charge in [-0.25, -0.2) is 9.37 Å². The largest absolute Gasteiger partial charge is 0.393 e. The summed E-state index contributed by atoms with van der Waals surface area (Å²) in [5.74, 6) is -1.38. The summed E-state index contributed by atoms with van der Waals surface area (Å²) in [5.41, 5.74) is 1.13. The van der Waals surface area contributed by atoms with Gasteiger partial charge in [0.05, 0.1) is 18.0 Å². The normalized spacial score (nSPS) is 19.2. The number of aliphatic hydroxyl groups excluding tert-OH is 1. The number of benzene rings is 1. The Morgan fingerprint density at radius 3 is 2.86 bits per heavy atom. The third-order valence-electron chi connectivity index (χ3n) is 5.50. The molecule has 1 amide bonds. The van der Waals surface area contributed by atoms with Crippen LogP contribution in [0.3, 0.4) is 0 Å². The average molecular weight is 395 g/mol. The molecule has 1 saturated carbocycles. The molecule has 1 aliphatic carbocycles. The van der Waals surface area contributed by atoms with Crippen LogP contribution in [-0.4, -0.2) is 32.3 Å². The summed E-state index contributed by atoms with van der Waals surface area (Å²) < 4.78 is 15.9. The van der Waals surface area contributed by atoms with Crippen molar-refractivity contribution < 1.29 is 19.1 Å². The lowest BCUT2D eigenvalue weighted by atomic mass is 9.82. The number of carbonyl (C=O) groups excluding carboxylic acids is 2. The van der Waals surface area contributed by atoms with Crippen molar-refractivity contribution in [2.45, 2.75) is 38.2 Å². The second kappa shape index (κ2) is 8.13. The monoisotopic (exact) mass is 395 g/mol. The Labute approximate surface area is 167 Å². The summed E-state index contributed by atoms with van der Waals surface area (Å²) in [6.07, 6.45) is 6.36. The molecule has 1 aliphatic rings. The van der Waals surface area contributed by atoms with E-state index in [4.69, 9.17) is 0 Å². The van der Waals surface area contributed by atoms with Crippen molar-refractivity contribution in [1.29, 1.82) is 0 Å². The lowest BCUT2D eigenvalue weighted by molar-refractivity contribution is 0.0583. The Morgan fingerprint density at radius 1 is 1.21 bits per heavy atom. The first-order chi connectivity index (χ1) is 14.0. The Balaban J connectivity index is 1.52. The average Bonchev–Trinajstić information content (AvgIpc) is 3.15. The number of nitrogens with one attached hydrogen (secondary N) is 1. The van der Waals surface area contributed by atoms with E-state index in [0.717, 1.165) is 19.3 Å². The number of Topliss-reactive ketones (excluding diaryl/α,β-unsaturated/α-hetero) is 1. The molecule has 0 unspecified atom stereocenters. The summed E-state index contributed by atoms with van der Waals surface area (Å²) in [6.45, 7) is 0. The van der Waals surface area contributed by atoms with Gasteiger partial charge >= 0.3 is 0 Å². The topological polar surface area (TPSA) is 83.7 Å². The molecule has 0 bridgehead atoms. The van der Waals surface area contributed by atoms with Crippen LogP contribution in [0.1, 0.15) is 53.0 Å². The molecular weight excluding hydrogens is 373 g/mol. The van der Waals surface area contributed by atoms with E-state index in [1.807, 2.05) is 6.07 Å². The first-order valence-corrected chi connectivity index (χ1v) is 9.77. The molecule has 2 heterocycles. The summed E-state index contributed by atoms with van der Waals surface area (Å²) in [5, 5.41) is 12.6. The van der Waals surface area contributed by atoms with Crippen molar-refractivity contribution in [3.8, 4) is 0 Å². The maximum atomic E-state index is 14.3. The molecule has 2 aromatic heterocycles. The summed E-state index contributed by atoms with van der Waals surface area (Å²) in [7, 11) is 0. The highest BCUT2D eigenvalue weighted by atomic mass is 19.1. The van der Waals surface area contributed by atoms with Crippen molar-refractivity contribution in [1.82, 2.24) is 9.38 Å². The number of aliphatic hydroxyl groups is 1. The highest BCUT2D eigenvalue weighted by Crippen LogP contribution is 2.29. The quantitative estimate of drug-likeness (QED) is 0.643. The van der Waals surface area contributed by atoms with E-state index in [9.17, 15) is 19.1 Å². The molecule has 3 aromatic rings. The van der Waals surface area contributed by atoms with Gasteiger partial charge in [0.1, 0.15) is 17.2 Å². The maximum absolute atomic E-state index is 14.3. The molecule has 7 heteroatoms. The minimum absolute atomic E-state index is 0.0593. The lowest BCUT2D eigenvalue weighted by Crippen LogP contribution is -2.26. The zero-order chi connectivity index (χ0) is 20.4. The predicted octanol–water partition coefficient (Wildman–Crippen LogP) is 3.85. The molecular formula is C22H22FN3O3. The number of nitrogens with zero attached hydrogens (tertiary/aromatic N) is 2. The number of fused-ring (bicyclic) bond motifs is 1. The van der Waals surface area contributed by atoms with Crippen LogP contribution in [0.5, 0.6) is 0 Å². The summed E-state index contributed by atoms with van der Waals surface area (Å²) >= 11 is 0. The number of rotatable bonds is 5. The lowest BCUT2D eigenvalue weighted by Gasteiger charge is -2.26. The Hall–Kier alpha value is -3.06. The zero-order valence-corrected chi connectivity index (χ0v) is 15.8. The van der Waals surface area contributed by atoms with Gasteiger partial charge in [0.25, 0.3) is 5.91 Å². The fourth-order valence-electron chi connectivity index (χ4n) is 3.86. The Bertz CT molecular complexity index is 1060. The molecule has 1 fully saturated rings. The van der Waals surface area contributed by atoms with Crippen molar-refractivity contribution >= 4 is 23.0 Å². The minimum atomic E-state index is -0.624. The number of amides is 1. The van der Waals surface area contributed by atoms with E-state index < -0.39 is 17.8 Å². The molecule has 2 N–H and O–H groups in total. The van der Waals surface area contributed by atoms with Gasteiger partial charge in [-0.15, -0.1) is 0 Å². The van der Waals surface area contributed by atoms with Crippen molar-refractivity contribution in [2.75, 3.05) is 5.32 Å². The fraction of sp³-hybridized carbons (Fsp3) is 0.318. The zero-order valence-electron chi connectivity index (χ0n) is 15.8. The van der Waals surface area contributed by atoms with E-state index in [0.29, 0.717) is 17.6 Å². The summed E-state index contributed by atoms with van der Waals surface area (Å²) in [6, 6.07) is 9.28. The van der Waals surface area contributed by atoms with Gasteiger partial charge in [-0.1, -0.05) is 18.9 Å². The second-order valence-electron chi connectivity index (χ2n) is 7.46. The first-order valence-electron chi connectivity index (χ1n) is 9.77. The number of hydrogen-bond donors (Lipinski definition) is 2. The van der Waals surface area contributed by atoms with Crippen molar-refractivity contribution in [3.63, 3.8) is 0 Å². The molecule has 4 rings (SSSR count). The van der Waals surface area contributed by atoms with Gasteiger partial charge in [0.2, 0.25) is 0 Å². The van der Waals surface area contributed by atoms with Crippen LogP contribution in [0, 0.1) is 11.7 Å². The van der Waals surface area contributed by atoms with E-state index in [1.165, 1.54) is 24.4 Å². The maximum Gasteiger partial charge on any atom is 0.274 e. The van der Waals surface area contributed by atoms with E-state index in [-0.39, 0.29) is 29.5 Å². The van der Waals surface area contributed by atoms with Gasteiger partial charge in [-0.3, -0.25) is 14.0 Å². The van der Waals surface area contributed by atoms with Gasteiger partial charge < -0.3 is 10.4 Å². The molecule has 2 atom stereocenters. The van der Waals surface area contributed by atoms with E-state index >= 15 is 0 Å². The third-order valence-corrected chi connectivity index (χ3v) is 5.50. The van der Waals surface area contributed by atoms with Crippen molar-refractivity contribution in [3.05, 3.63) is 65.9 Å². The number of imidazole rings is 1. The number of hydrogen-bond acceptors (Lipinski definition) is 4. The van der Waals surface area contributed by atoms with Gasteiger partial charge in [-0.05, 0) is 49.1 Å². The molecule has 29 heavy (non-hydrogen) atoms. The predicted molar refractivity (Wildman–Crippen MR) is 106 cm³/mol. The Morgan fingerprint density at radius 2 is 2.03 bits per heavy atom. The van der Waals surface area contributed by atoms with Crippen LogP contribution in [0.15, 0.2) is 48.8 Å². The number of pyridine rings is 1. The molecule has 0 aliphatic heterocycles. The molecule has 150 valence electrons. The van der Waals surface area contributed by atoms with E-state index in [2.05, 4.69) is 10.3 Å². The highest BCUT2D eigenvalue weighted by molar-refractivity contribution is 6.04. The van der Waals surface area contributed by atoms with Crippen LogP contribution >= 0.6 is 0 Å². The Kier molecular flexibility index (Phi) is 5.40. The minimum Gasteiger partial charge on any atom is -0.393 e. The van der Waals surface area contributed by atoms with Gasteiger partial charge in [0, 0.05) is 18.2 Å². The molecule has 0 spiro atoms. The molecule has 0 saturated heterocycles. The standard InChI is InChI=1S/C22H22FN3O3/c23-16-9-8-15(20(28)12-14-5-1-2-6-19(14)27)11-17(16)25-22(29)18-13-24-21-7-3-4-10-26(18)21/h3-4,7-11,13-14,19,27H,1-2,5-6,12H2,(H,25,29)/t14-,19-/m1/s1. The van der Waals surface area contributed by atoms with Gasteiger partial charge in [0.15, 0.2) is 5.78 Å². The number of halogens is 1. The van der Waals surface area contributed by atoms with Crippen LogP contribution in [0.2, 0.25) is 0 Å². The SMILES string of the molecule is O=C(C[C@H]1CCCC[C@H]1O)c1ccc(F)c(NC(=O)c2cnc3ccccn23)c1. The van der Waals surface area contributed by atoms with Crippen LogP contribution in [0.25, 0.3) is 5.65 Å². The second-order valence-corrected chi connectivity index (χ2v) is 7.46. The summed E-state index contributed by atoms with van der Waals surface area (Å²) in [4.78, 5) is 29.4. The third kappa shape index (κ3) is 4.05. The van der Waals surface area contributed by atoms with Crippen LogP contribution in [0.4, 0.5) is 10.1 Å².